The fraction of sp³-hybridized carbons (Fsp3) is 0.800. The summed E-state index contributed by atoms with van der Waals surface area (Å²) < 4.78 is 0. The van der Waals surface area contributed by atoms with Crippen molar-refractivity contribution in [3.05, 3.63) is 0 Å². The summed E-state index contributed by atoms with van der Waals surface area (Å²) in [6.07, 6.45) is -0.304. The normalized spacial score (nSPS) is 34.8. The van der Waals surface area contributed by atoms with Gasteiger partial charge >= 0.3 is 11.9 Å². The van der Waals surface area contributed by atoms with Crippen molar-refractivity contribution in [1.82, 2.24) is 10.6 Å². The zero-order valence-corrected chi connectivity index (χ0v) is 9.74. The molecule has 0 aromatic carbocycles. The van der Waals surface area contributed by atoms with Gasteiger partial charge in [-0.15, -0.1) is 0 Å². The molecule has 4 atom stereocenters. The van der Waals surface area contributed by atoms with E-state index in [1.165, 1.54) is 0 Å². The maximum Gasteiger partial charge on any atom is 0.320 e. The summed E-state index contributed by atoms with van der Waals surface area (Å²) in [4.78, 5) is 20.3. The molecule has 0 spiro atoms. The summed E-state index contributed by atoms with van der Waals surface area (Å²) in [5, 5.41) is 39.7. The molecule has 2 aliphatic rings. The van der Waals surface area contributed by atoms with Crippen LogP contribution in [0.2, 0.25) is 0 Å². The van der Waals surface area contributed by atoms with Gasteiger partial charge in [-0.2, -0.15) is 0 Å². The van der Waals surface area contributed by atoms with Gasteiger partial charge in [-0.1, -0.05) is 0 Å². The van der Waals surface area contributed by atoms with E-state index in [0.29, 0.717) is 25.9 Å². The highest BCUT2D eigenvalue weighted by Crippen LogP contribution is 2.05. The maximum absolute atomic E-state index is 10.2. The lowest BCUT2D eigenvalue weighted by Gasteiger charge is -1.99. The van der Waals surface area contributed by atoms with Crippen molar-refractivity contribution in [2.24, 2.45) is 0 Å². The van der Waals surface area contributed by atoms with E-state index in [2.05, 4.69) is 10.6 Å². The number of β-amino-alcohol motifs (C(OH)–C–C–N with tert-alkyl or cyclic N) is 2. The van der Waals surface area contributed by atoms with E-state index >= 15 is 0 Å². The van der Waals surface area contributed by atoms with Crippen LogP contribution in [-0.4, -0.2) is 69.7 Å². The maximum atomic E-state index is 10.2. The predicted octanol–water partition coefficient (Wildman–Crippen LogP) is -2.41. The number of aliphatic hydroxyl groups is 2. The zero-order chi connectivity index (χ0) is 13.7. The van der Waals surface area contributed by atoms with Crippen LogP contribution in [0.4, 0.5) is 0 Å². The van der Waals surface area contributed by atoms with Crippen molar-refractivity contribution in [1.29, 1.82) is 0 Å². The van der Waals surface area contributed by atoms with Gasteiger partial charge in [0.15, 0.2) is 0 Å². The molecule has 2 rings (SSSR count). The molecule has 8 heteroatoms. The van der Waals surface area contributed by atoms with Crippen LogP contribution in [0.15, 0.2) is 0 Å². The summed E-state index contributed by atoms with van der Waals surface area (Å²) in [7, 11) is 0. The summed E-state index contributed by atoms with van der Waals surface area (Å²) in [6.45, 7) is 0.800. The van der Waals surface area contributed by atoms with Crippen molar-refractivity contribution in [3.8, 4) is 0 Å². The molecule has 8 nitrogen and oxygen atoms in total. The van der Waals surface area contributed by atoms with Crippen LogP contribution in [0.3, 0.4) is 0 Å². The van der Waals surface area contributed by atoms with Gasteiger partial charge in [0.05, 0.1) is 12.2 Å². The predicted molar refractivity (Wildman–Crippen MR) is 60.1 cm³/mol. The van der Waals surface area contributed by atoms with Gasteiger partial charge in [0.25, 0.3) is 0 Å². The third kappa shape index (κ3) is 4.57. The molecule has 6 N–H and O–H groups in total. The van der Waals surface area contributed by atoms with Gasteiger partial charge < -0.3 is 31.1 Å². The van der Waals surface area contributed by atoms with Gasteiger partial charge in [0.1, 0.15) is 12.1 Å². The molecule has 2 unspecified atom stereocenters. The number of carboxylic acid groups (broad SMARTS) is 2. The number of hydrogen-bond donors (Lipinski definition) is 6. The Hall–Kier alpha value is -1.22. The molecule has 0 aromatic heterocycles. The summed E-state index contributed by atoms with van der Waals surface area (Å²) in [5.41, 5.74) is 0. The van der Waals surface area contributed by atoms with Gasteiger partial charge in [-0.3, -0.25) is 9.59 Å². The lowest BCUT2D eigenvalue weighted by Crippen LogP contribution is -2.29. The molecule has 18 heavy (non-hydrogen) atoms. The van der Waals surface area contributed by atoms with Crippen LogP contribution in [0, 0.1) is 0 Å². The molecule has 2 heterocycles. The molecule has 0 aromatic rings. The Morgan fingerprint density at radius 1 is 0.833 bits per heavy atom. The van der Waals surface area contributed by atoms with E-state index in [9.17, 15) is 9.59 Å². The summed E-state index contributed by atoms with van der Waals surface area (Å²) in [6, 6.07) is -1.08. The molecule has 2 aliphatic heterocycles. The van der Waals surface area contributed by atoms with E-state index in [1.54, 1.807) is 0 Å². The Labute approximate surface area is 104 Å². The largest absolute Gasteiger partial charge is 0.480 e. The van der Waals surface area contributed by atoms with Crippen LogP contribution in [0.5, 0.6) is 0 Å². The van der Waals surface area contributed by atoms with Crippen molar-refractivity contribution in [2.75, 3.05) is 13.1 Å². The van der Waals surface area contributed by atoms with Crippen molar-refractivity contribution >= 4 is 11.9 Å². The average Bonchev–Trinajstić information content (AvgIpc) is 2.88. The fourth-order valence-corrected chi connectivity index (χ4v) is 1.81. The third-order valence-corrected chi connectivity index (χ3v) is 2.81. The molecule has 2 fully saturated rings. The summed E-state index contributed by atoms with van der Waals surface area (Å²) >= 11 is 0. The Balaban J connectivity index is 0.000000180. The number of aliphatic hydroxyl groups excluding tert-OH is 2. The van der Waals surface area contributed by atoms with Crippen LogP contribution < -0.4 is 10.6 Å². The molecule has 0 radical (unpaired) electrons. The SMILES string of the molecule is O=C(O)C1CC(O)CN1.O=C(O)[C@@H]1C[C@@H](O)CN1. The van der Waals surface area contributed by atoms with Crippen LogP contribution in [0.25, 0.3) is 0 Å². The number of nitrogens with one attached hydrogen (secondary N) is 2. The lowest BCUT2D eigenvalue weighted by molar-refractivity contribution is -0.140. The first-order valence-corrected chi connectivity index (χ1v) is 5.68. The Morgan fingerprint density at radius 3 is 1.28 bits per heavy atom. The first kappa shape index (κ1) is 14.8. The van der Waals surface area contributed by atoms with Gasteiger partial charge in [-0.05, 0) is 0 Å². The van der Waals surface area contributed by atoms with E-state index < -0.39 is 36.2 Å². The first-order chi connectivity index (χ1) is 8.40. The Morgan fingerprint density at radius 2 is 1.17 bits per heavy atom. The second-order valence-electron chi connectivity index (χ2n) is 4.38. The zero-order valence-electron chi connectivity index (χ0n) is 9.74. The fourth-order valence-electron chi connectivity index (χ4n) is 1.81. The van der Waals surface area contributed by atoms with Gasteiger partial charge in [-0.25, -0.2) is 0 Å². The molecule has 0 saturated carbocycles. The number of carbonyl (C=O) groups is 2. The van der Waals surface area contributed by atoms with E-state index in [4.69, 9.17) is 20.4 Å². The quantitative estimate of drug-likeness (QED) is 0.323. The topological polar surface area (TPSA) is 139 Å². The van der Waals surface area contributed by atoms with Crippen LogP contribution in [-0.2, 0) is 9.59 Å². The van der Waals surface area contributed by atoms with Crippen LogP contribution >= 0.6 is 0 Å². The standard InChI is InChI=1S/2C5H9NO3/c2*7-3-1-4(5(8)9)6-2-3/h2*3-4,6-7H,1-2H2,(H,8,9)/t3-,4+;/m1./s1. The Bertz CT molecular complexity index is 281. The first-order valence-electron chi connectivity index (χ1n) is 5.68. The van der Waals surface area contributed by atoms with Crippen molar-refractivity contribution in [2.45, 2.75) is 37.1 Å². The lowest BCUT2D eigenvalue weighted by atomic mass is 10.2. The molecule has 0 amide bonds. The Kier molecular flexibility index (Phi) is 5.48. The minimum absolute atomic E-state index is 0.329. The molecular formula is C10H18N2O6. The van der Waals surface area contributed by atoms with E-state index in [-0.39, 0.29) is 0 Å². The van der Waals surface area contributed by atoms with Gasteiger partial charge in [0, 0.05) is 25.9 Å². The number of carboxylic acids is 2. The molecule has 0 bridgehead atoms. The molecule has 104 valence electrons. The second kappa shape index (κ2) is 6.64. The summed E-state index contributed by atoms with van der Waals surface area (Å²) in [5.74, 6) is -1.77. The molecule has 0 aliphatic carbocycles. The number of rotatable bonds is 2. The van der Waals surface area contributed by atoms with E-state index in [1.807, 2.05) is 0 Å². The van der Waals surface area contributed by atoms with Crippen molar-refractivity contribution in [3.63, 3.8) is 0 Å². The van der Waals surface area contributed by atoms with Crippen molar-refractivity contribution < 1.29 is 30.0 Å². The van der Waals surface area contributed by atoms with Gasteiger partial charge in [0.2, 0.25) is 0 Å². The number of aliphatic carboxylic acids is 2. The second-order valence-corrected chi connectivity index (χ2v) is 4.38. The number of hydrogen-bond acceptors (Lipinski definition) is 6. The van der Waals surface area contributed by atoms with Crippen LogP contribution in [0.1, 0.15) is 12.8 Å². The highest BCUT2D eigenvalue weighted by atomic mass is 16.4. The van der Waals surface area contributed by atoms with E-state index in [0.717, 1.165) is 0 Å². The average molecular weight is 262 g/mol. The highest BCUT2D eigenvalue weighted by Gasteiger charge is 2.27. The minimum atomic E-state index is -0.883. The minimum Gasteiger partial charge on any atom is -0.480 e. The smallest absolute Gasteiger partial charge is 0.320 e. The highest BCUT2D eigenvalue weighted by molar-refractivity contribution is 5.74. The molecular weight excluding hydrogens is 244 g/mol. The third-order valence-electron chi connectivity index (χ3n) is 2.81. The monoisotopic (exact) mass is 262 g/mol. The molecule has 2 saturated heterocycles.